The lowest BCUT2D eigenvalue weighted by atomic mass is 10.1. The van der Waals surface area contributed by atoms with Crippen molar-refractivity contribution >= 4 is 0 Å². The van der Waals surface area contributed by atoms with Gasteiger partial charge >= 0.3 is 5.69 Å². The van der Waals surface area contributed by atoms with Gasteiger partial charge in [-0.25, -0.2) is 4.79 Å². The molecule has 8 nitrogen and oxygen atoms in total. The van der Waals surface area contributed by atoms with Crippen molar-refractivity contribution in [1.82, 2.24) is 9.55 Å². The van der Waals surface area contributed by atoms with Gasteiger partial charge in [0.25, 0.3) is 5.56 Å². The van der Waals surface area contributed by atoms with Crippen molar-refractivity contribution < 1.29 is 20.7 Å². The average Bonchev–Trinajstić information content (AvgIpc) is 2.83. The predicted molar refractivity (Wildman–Crippen MR) is 66.1 cm³/mol. The molecule has 0 aromatic carbocycles. The summed E-state index contributed by atoms with van der Waals surface area (Å²) in [7, 11) is 0. The van der Waals surface area contributed by atoms with Gasteiger partial charge in [0.05, 0.1) is 7.98 Å². The fourth-order valence-electron chi connectivity index (χ4n) is 2.47. The third kappa shape index (κ3) is 2.10. The second kappa shape index (κ2) is 4.52. The third-order valence-electron chi connectivity index (χ3n) is 3.25. The Morgan fingerprint density at radius 2 is 2.15 bits per heavy atom. The molecule has 0 spiro atoms. The number of aliphatic hydroxyl groups excluding tert-OH is 1. The van der Waals surface area contributed by atoms with Crippen LogP contribution in [0, 0.1) is 0 Å². The minimum Gasteiger partial charge on any atom is -0.394 e. The molecule has 2 fully saturated rings. The van der Waals surface area contributed by atoms with E-state index in [1.807, 2.05) is 0 Å². The van der Waals surface area contributed by atoms with Crippen molar-refractivity contribution in [1.29, 1.82) is 0 Å². The van der Waals surface area contributed by atoms with Gasteiger partial charge in [0.15, 0.2) is 12.0 Å². The Morgan fingerprint density at radius 1 is 1.45 bits per heavy atom. The monoisotopic (exact) mass is 285 g/mol. The van der Waals surface area contributed by atoms with E-state index < -0.39 is 41.6 Å². The molecule has 2 saturated heterocycles. The molecule has 0 aliphatic carbocycles. The molecule has 2 N–H and O–H groups in total. The Labute approximate surface area is 115 Å². The summed E-state index contributed by atoms with van der Waals surface area (Å²) in [5, 5.41) is 9.39. The average molecular weight is 285 g/mol. The summed E-state index contributed by atoms with van der Waals surface area (Å²) in [4.78, 5) is 25.1. The van der Waals surface area contributed by atoms with Crippen molar-refractivity contribution in [2.24, 2.45) is 0 Å². The van der Waals surface area contributed by atoms with E-state index in [2.05, 4.69) is 4.98 Å². The van der Waals surface area contributed by atoms with E-state index in [0.717, 1.165) is 10.6 Å². The molecule has 0 amide bonds. The van der Waals surface area contributed by atoms with Crippen LogP contribution in [-0.4, -0.2) is 45.4 Å². The quantitative estimate of drug-likeness (QED) is 0.718. The van der Waals surface area contributed by atoms with E-state index >= 15 is 0 Å². The molecule has 0 unspecified atom stereocenters. The first-order chi connectivity index (χ1) is 9.77. The molecule has 0 radical (unpaired) electrons. The maximum Gasteiger partial charge on any atom is 0.330 e. The van der Waals surface area contributed by atoms with Gasteiger partial charge in [-0.05, 0) is 13.8 Å². The summed E-state index contributed by atoms with van der Waals surface area (Å²) in [6.07, 6.45) is -3.14. The second-order valence-corrected chi connectivity index (χ2v) is 5.18. The van der Waals surface area contributed by atoms with Gasteiger partial charge in [0, 0.05) is 12.3 Å². The first kappa shape index (κ1) is 12.3. The molecule has 3 heterocycles. The van der Waals surface area contributed by atoms with Gasteiger partial charge < -0.3 is 19.3 Å². The number of fused-ring (bicyclic) bond motifs is 1. The zero-order chi connectivity index (χ0) is 15.4. The minimum absolute atomic E-state index is 0.376. The lowest BCUT2D eigenvalue weighted by molar-refractivity contribution is -0.200. The maximum absolute atomic E-state index is 11.9. The molecule has 2 aliphatic heterocycles. The zero-order valence-corrected chi connectivity index (χ0v) is 11.0. The van der Waals surface area contributed by atoms with Crippen LogP contribution in [0.25, 0.3) is 0 Å². The highest BCUT2D eigenvalue weighted by Crippen LogP contribution is 2.42. The van der Waals surface area contributed by atoms with Crippen molar-refractivity contribution in [2.75, 3.05) is 6.61 Å². The molecule has 1 aromatic rings. The van der Waals surface area contributed by atoms with Gasteiger partial charge in [-0.2, -0.15) is 0 Å². The van der Waals surface area contributed by atoms with Gasteiger partial charge in [-0.15, -0.1) is 0 Å². The lowest BCUT2D eigenvalue weighted by Gasteiger charge is -2.24. The van der Waals surface area contributed by atoms with Crippen molar-refractivity contribution in [3.8, 4) is 0 Å². The smallest absolute Gasteiger partial charge is 0.330 e. The van der Waals surface area contributed by atoms with E-state index in [0.29, 0.717) is 0 Å². The highest BCUT2D eigenvalue weighted by molar-refractivity contribution is 4.98. The van der Waals surface area contributed by atoms with Gasteiger partial charge in [0.2, 0.25) is 0 Å². The summed E-state index contributed by atoms with van der Waals surface area (Å²) >= 11 is 0. The van der Waals surface area contributed by atoms with Crippen LogP contribution in [0.2, 0.25) is 0 Å². The molecule has 4 atom stereocenters. The van der Waals surface area contributed by atoms with Gasteiger partial charge in [-0.1, -0.05) is 0 Å². The fourth-order valence-corrected chi connectivity index (χ4v) is 2.47. The second-order valence-electron chi connectivity index (χ2n) is 5.18. The van der Waals surface area contributed by atoms with Crippen LogP contribution in [0.4, 0.5) is 0 Å². The number of hydrogen-bond donors (Lipinski definition) is 2. The van der Waals surface area contributed by atoms with Crippen LogP contribution in [-0.2, 0) is 14.2 Å². The minimum atomic E-state index is -1.92. The number of hydrogen-bond acceptors (Lipinski definition) is 6. The lowest BCUT2D eigenvalue weighted by Crippen LogP contribution is -2.37. The molecule has 8 heteroatoms. The zero-order valence-electron chi connectivity index (χ0n) is 12.0. The van der Waals surface area contributed by atoms with E-state index in [1.54, 1.807) is 13.8 Å². The number of aliphatic hydroxyl groups is 1. The van der Waals surface area contributed by atoms with Gasteiger partial charge in [0.1, 0.15) is 18.3 Å². The largest absolute Gasteiger partial charge is 0.394 e. The van der Waals surface area contributed by atoms with E-state index in [1.165, 1.54) is 6.20 Å². The number of nitrogens with zero attached hydrogens (tertiary/aromatic N) is 1. The van der Waals surface area contributed by atoms with Crippen LogP contribution in [0.15, 0.2) is 21.9 Å². The maximum atomic E-state index is 11.9. The number of aromatic amines is 1. The van der Waals surface area contributed by atoms with E-state index in [9.17, 15) is 14.7 Å². The molecular formula is C12H16N2O6. The molecule has 20 heavy (non-hydrogen) atoms. The predicted octanol–water partition coefficient (Wildman–Crippen LogP) is -1.05. The van der Waals surface area contributed by atoms with Gasteiger partial charge in [-0.3, -0.25) is 14.3 Å². The molecule has 2 aliphatic rings. The Hall–Kier alpha value is -1.48. The number of ether oxygens (including phenoxy) is 3. The van der Waals surface area contributed by atoms with Crippen molar-refractivity contribution in [3.05, 3.63) is 33.1 Å². The van der Waals surface area contributed by atoms with Crippen LogP contribution in [0.3, 0.4) is 0 Å². The van der Waals surface area contributed by atoms with Crippen molar-refractivity contribution in [3.63, 3.8) is 0 Å². The third-order valence-corrected chi connectivity index (χ3v) is 3.25. The number of nitrogens with one attached hydrogen (secondary N) is 1. The first-order valence-electron chi connectivity index (χ1n) is 6.73. The Bertz CT molecular complexity index is 670. The normalized spacial score (nSPS) is 39.5. The fraction of sp³-hybridized carbons (Fsp3) is 0.667. The van der Waals surface area contributed by atoms with E-state index in [4.69, 9.17) is 15.6 Å². The topological polar surface area (TPSA) is 103 Å². The number of H-pyrrole nitrogens is 1. The molecule has 0 saturated carbocycles. The molecule has 0 bridgehead atoms. The van der Waals surface area contributed by atoms with Crippen LogP contribution in [0.1, 0.15) is 21.4 Å². The molecule has 110 valence electrons. The van der Waals surface area contributed by atoms with Crippen molar-refractivity contribution in [2.45, 2.75) is 44.2 Å². The van der Waals surface area contributed by atoms with Crippen LogP contribution in [0.5, 0.6) is 0 Å². The SMILES string of the molecule is [2H][C@@]1(n2ccc(=O)[nH]c2=O)O[C@H](CO)[C@H]2OC(C)(C)O[C@H]21. The summed E-state index contributed by atoms with van der Waals surface area (Å²) in [5.74, 6) is -0.954. The highest BCUT2D eigenvalue weighted by atomic mass is 16.8. The Kier molecular flexibility index (Phi) is 2.77. The van der Waals surface area contributed by atoms with Crippen LogP contribution >= 0.6 is 0 Å². The van der Waals surface area contributed by atoms with Crippen LogP contribution < -0.4 is 11.2 Å². The Morgan fingerprint density at radius 3 is 2.80 bits per heavy atom. The molecular weight excluding hydrogens is 268 g/mol. The van der Waals surface area contributed by atoms with E-state index in [-0.39, 0.29) is 6.61 Å². The summed E-state index contributed by atoms with van der Waals surface area (Å²) in [6.45, 7) is 2.98. The standard InChI is InChI=1S/C12H16N2O6/c1-12(2)19-8-6(5-15)18-10(9(8)20-12)14-4-3-7(16)13-11(14)17/h3-4,6,8-10,15H,5H2,1-2H3,(H,13,16,17)/t6-,8-,9-,10-/m1/s1/i10D. The number of rotatable bonds is 2. The molecule has 3 rings (SSSR count). The summed E-state index contributed by atoms with van der Waals surface area (Å²) in [5.41, 5.74) is -1.36. The summed E-state index contributed by atoms with van der Waals surface area (Å²) in [6, 6.07) is 1.11. The molecule has 1 aromatic heterocycles. The Balaban J connectivity index is 2.08. The highest BCUT2D eigenvalue weighted by Gasteiger charge is 2.55. The first-order valence-corrected chi connectivity index (χ1v) is 6.23. The number of aromatic nitrogens is 2. The summed E-state index contributed by atoms with van der Waals surface area (Å²) < 4.78 is 26.2.